The Hall–Kier alpha value is -4.12. The van der Waals surface area contributed by atoms with E-state index in [1.165, 1.54) is 54.7 Å². The van der Waals surface area contributed by atoms with Crippen molar-refractivity contribution < 1.29 is 18.3 Å². The van der Waals surface area contributed by atoms with E-state index in [9.17, 15) is 13.6 Å². The van der Waals surface area contributed by atoms with Crippen LogP contribution in [0.3, 0.4) is 0 Å². The molecule has 31 heavy (non-hydrogen) atoms. The quantitative estimate of drug-likeness (QED) is 0.652. The first kappa shape index (κ1) is 20.2. The summed E-state index contributed by atoms with van der Waals surface area (Å²) < 4.78 is 34.1. The second kappa shape index (κ2) is 7.61. The van der Waals surface area contributed by atoms with Gasteiger partial charge >= 0.3 is 0 Å². The molecule has 8 heteroatoms. The normalized spacial score (nSPS) is 17.2. The van der Waals surface area contributed by atoms with Crippen molar-refractivity contribution in [1.29, 1.82) is 5.26 Å². The van der Waals surface area contributed by atoms with Crippen LogP contribution in [0.5, 0.6) is 5.75 Å². The van der Waals surface area contributed by atoms with Crippen LogP contribution in [-0.2, 0) is 12.1 Å². The lowest BCUT2D eigenvalue weighted by atomic mass is 9.97. The van der Waals surface area contributed by atoms with Gasteiger partial charge in [-0.25, -0.2) is 13.8 Å². The molecule has 6 nitrogen and oxygen atoms in total. The van der Waals surface area contributed by atoms with Crippen LogP contribution < -0.4 is 10.5 Å². The molecule has 154 valence electrons. The van der Waals surface area contributed by atoms with Gasteiger partial charge in [0.1, 0.15) is 35.0 Å². The van der Waals surface area contributed by atoms with Crippen LogP contribution in [0.25, 0.3) is 0 Å². The van der Waals surface area contributed by atoms with Gasteiger partial charge in [0, 0.05) is 19.5 Å². The first-order chi connectivity index (χ1) is 14.8. The number of aromatic nitrogens is 1. The van der Waals surface area contributed by atoms with Gasteiger partial charge in [0.2, 0.25) is 5.72 Å². The molecule has 0 aliphatic carbocycles. The van der Waals surface area contributed by atoms with Crippen molar-refractivity contribution in [3.8, 4) is 11.8 Å². The number of nitriles is 1. The van der Waals surface area contributed by atoms with E-state index in [1.807, 2.05) is 6.07 Å². The number of hydrogen-bond acceptors (Lipinski definition) is 6. The summed E-state index contributed by atoms with van der Waals surface area (Å²) in [5, 5.41) is 8.84. The van der Waals surface area contributed by atoms with Crippen LogP contribution in [0.1, 0.15) is 39.7 Å². The zero-order chi connectivity index (χ0) is 22.2. The number of rotatable bonds is 4. The van der Waals surface area contributed by atoms with Crippen molar-refractivity contribution in [2.24, 2.45) is 10.7 Å². The standard InChI is InChI=1S/C23H16F2N4O2/c1-23(29-22(27)16-10-15(24)4-7-21(16)31-23)17-8-13(2-5-18(17)25)9-20(30)19-6-3-14(11-26)12-28-19/h2-8,10,12H,9H2,1H3,(H2,27,29). The molecular weight excluding hydrogens is 402 g/mol. The van der Waals surface area contributed by atoms with Gasteiger partial charge in [0.15, 0.2) is 5.78 Å². The maximum atomic E-state index is 14.7. The topological polar surface area (TPSA) is 101 Å². The van der Waals surface area contributed by atoms with Crippen LogP contribution in [0.15, 0.2) is 59.7 Å². The number of amidine groups is 1. The van der Waals surface area contributed by atoms with Crippen molar-refractivity contribution in [3.05, 3.63) is 94.3 Å². The highest BCUT2D eigenvalue weighted by molar-refractivity contribution is 6.01. The monoisotopic (exact) mass is 418 g/mol. The minimum absolute atomic E-state index is 0.0194. The maximum absolute atomic E-state index is 14.7. The number of benzene rings is 2. The average molecular weight is 418 g/mol. The molecule has 0 fully saturated rings. The molecule has 0 spiro atoms. The third-order valence-electron chi connectivity index (χ3n) is 4.93. The number of carbonyl (C=O) groups excluding carboxylic acids is 1. The number of aliphatic imine (C=N–C) groups is 1. The van der Waals surface area contributed by atoms with Crippen LogP contribution in [0.4, 0.5) is 8.78 Å². The number of nitrogens with two attached hydrogens (primary N) is 1. The van der Waals surface area contributed by atoms with E-state index < -0.39 is 17.4 Å². The van der Waals surface area contributed by atoms with Crippen LogP contribution in [-0.4, -0.2) is 16.6 Å². The molecular formula is C23H16F2N4O2. The van der Waals surface area contributed by atoms with E-state index in [2.05, 4.69) is 9.98 Å². The van der Waals surface area contributed by atoms with Gasteiger partial charge in [-0.3, -0.25) is 9.78 Å². The fourth-order valence-corrected chi connectivity index (χ4v) is 3.37. The highest BCUT2D eigenvalue weighted by Crippen LogP contribution is 2.37. The Morgan fingerprint density at radius 3 is 2.71 bits per heavy atom. The fourth-order valence-electron chi connectivity index (χ4n) is 3.37. The zero-order valence-electron chi connectivity index (χ0n) is 16.4. The molecule has 1 aliphatic rings. The molecule has 1 aliphatic heterocycles. The van der Waals surface area contributed by atoms with Crippen molar-refractivity contribution in [3.63, 3.8) is 0 Å². The molecule has 0 bridgehead atoms. The highest BCUT2D eigenvalue weighted by Gasteiger charge is 2.36. The summed E-state index contributed by atoms with van der Waals surface area (Å²) in [6.45, 7) is 1.54. The van der Waals surface area contributed by atoms with Crippen molar-refractivity contribution >= 4 is 11.6 Å². The second-order valence-corrected chi connectivity index (χ2v) is 7.18. The SMILES string of the molecule is CC1(c2cc(CC(=O)c3ccc(C#N)cn3)ccc2F)N=C(N)c2cc(F)ccc2O1. The largest absolute Gasteiger partial charge is 0.461 e. The Morgan fingerprint density at radius 2 is 2.00 bits per heavy atom. The molecule has 0 amide bonds. The third kappa shape index (κ3) is 3.85. The van der Waals surface area contributed by atoms with Gasteiger partial charge in [-0.1, -0.05) is 6.07 Å². The molecule has 0 saturated carbocycles. The van der Waals surface area contributed by atoms with Crippen LogP contribution in [0, 0.1) is 23.0 Å². The Bertz CT molecular complexity index is 1270. The average Bonchev–Trinajstić information content (AvgIpc) is 2.75. The number of carbonyl (C=O) groups is 1. The zero-order valence-corrected chi connectivity index (χ0v) is 16.4. The second-order valence-electron chi connectivity index (χ2n) is 7.18. The molecule has 2 heterocycles. The number of Topliss-reactive ketones (excluding diaryl/α,β-unsaturated/α-hetero) is 1. The molecule has 3 aromatic rings. The van der Waals surface area contributed by atoms with Gasteiger partial charge in [0.05, 0.1) is 16.7 Å². The van der Waals surface area contributed by atoms with Gasteiger partial charge in [0.25, 0.3) is 0 Å². The van der Waals surface area contributed by atoms with Crippen molar-refractivity contribution in [1.82, 2.24) is 4.98 Å². The molecule has 2 aromatic carbocycles. The molecule has 0 saturated heterocycles. The van der Waals surface area contributed by atoms with E-state index >= 15 is 0 Å². The molecule has 2 N–H and O–H groups in total. The summed E-state index contributed by atoms with van der Waals surface area (Å²) in [5.74, 6) is -1.07. The molecule has 4 rings (SSSR count). The summed E-state index contributed by atoms with van der Waals surface area (Å²) in [4.78, 5) is 20.8. The minimum atomic E-state index is -1.50. The van der Waals surface area contributed by atoms with Crippen molar-refractivity contribution in [2.75, 3.05) is 0 Å². The number of ether oxygens (including phenoxy) is 1. The van der Waals surface area contributed by atoms with E-state index in [-0.39, 0.29) is 40.6 Å². The van der Waals surface area contributed by atoms with Crippen LogP contribution >= 0.6 is 0 Å². The Balaban J connectivity index is 1.65. The van der Waals surface area contributed by atoms with E-state index in [1.54, 1.807) is 6.92 Å². The van der Waals surface area contributed by atoms with Gasteiger partial charge in [-0.15, -0.1) is 0 Å². The smallest absolute Gasteiger partial charge is 0.228 e. The highest BCUT2D eigenvalue weighted by atomic mass is 19.1. The fraction of sp³-hybridized carbons (Fsp3) is 0.130. The first-order valence-corrected chi connectivity index (χ1v) is 9.31. The number of halogens is 2. The number of nitrogens with zero attached hydrogens (tertiary/aromatic N) is 3. The number of fused-ring (bicyclic) bond motifs is 1. The first-order valence-electron chi connectivity index (χ1n) is 9.31. The Morgan fingerprint density at radius 1 is 1.19 bits per heavy atom. The Kier molecular flexibility index (Phi) is 4.95. The van der Waals surface area contributed by atoms with Gasteiger partial charge in [-0.05, 0) is 48.0 Å². The van der Waals surface area contributed by atoms with Crippen LogP contribution in [0.2, 0.25) is 0 Å². The van der Waals surface area contributed by atoms with E-state index in [4.69, 9.17) is 15.7 Å². The maximum Gasteiger partial charge on any atom is 0.228 e. The predicted molar refractivity (Wildman–Crippen MR) is 108 cm³/mol. The van der Waals surface area contributed by atoms with Gasteiger partial charge < -0.3 is 10.5 Å². The molecule has 1 unspecified atom stereocenters. The minimum Gasteiger partial charge on any atom is -0.461 e. The lowest BCUT2D eigenvalue weighted by Gasteiger charge is -2.32. The number of hydrogen-bond donors (Lipinski definition) is 1. The summed E-state index contributed by atoms with van der Waals surface area (Å²) >= 11 is 0. The van der Waals surface area contributed by atoms with Crippen molar-refractivity contribution in [2.45, 2.75) is 19.1 Å². The molecule has 1 atom stereocenters. The summed E-state index contributed by atoms with van der Waals surface area (Å²) in [6.07, 6.45) is 1.28. The van der Waals surface area contributed by atoms with Gasteiger partial charge in [-0.2, -0.15) is 5.26 Å². The summed E-state index contributed by atoms with van der Waals surface area (Å²) in [5.41, 5.74) is 5.94. The number of ketones is 1. The molecule has 1 aromatic heterocycles. The van der Waals surface area contributed by atoms with E-state index in [0.717, 1.165) is 0 Å². The summed E-state index contributed by atoms with van der Waals surface area (Å²) in [6, 6.07) is 12.9. The summed E-state index contributed by atoms with van der Waals surface area (Å²) in [7, 11) is 0. The Labute approximate surface area is 176 Å². The van der Waals surface area contributed by atoms with E-state index in [0.29, 0.717) is 11.1 Å². The lowest BCUT2D eigenvalue weighted by Crippen LogP contribution is -2.36. The number of pyridine rings is 1. The lowest BCUT2D eigenvalue weighted by molar-refractivity contribution is 0.0880. The molecule has 0 radical (unpaired) electrons. The third-order valence-corrected chi connectivity index (χ3v) is 4.93. The predicted octanol–water partition coefficient (Wildman–Crippen LogP) is 3.63.